The molecule has 2 aromatic rings. The zero-order valence-corrected chi connectivity index (χ0v) is 18.0. The van der Waals surface area contributed by atoms with E-state index >= 15 is 0 Å². The predicted octanol–water partition coefficient (Wildman–Crippen LogP) is 4.11. The summed E-state index contributed by atoms with van der Waals surface area (Å²) in [7, 11) is 0. The lowest BCUT2D eigenvalue weighted by atomic mass is 9.96. The molecular weight excluding hydrogens is 401 g/mol. The van der Waals surface area contributed by atoms with Crippen LogP contribution in [0.1, 0.15) is 25.7 Å². The van der Waals surface area contributed by atoms with Crippen LogP contribution in [-0.4, -0.2) is 48.0 Å². The SMILES string of the molecule is OC1(NCC2CCN(CCCCOc3ccc(F)cc3)CC2)Nc2ccccc2S1. The van der Waals surface area contributed by atoms with E-state index in [2.05, 4.69) is 15.5 Å². The van der Waals surface area contributed by atoms with Crippen molar-refractivity contribution in [3.63, 3.8) is 0 Å². The highest BCUT2D eigenvalue weighted by Crippen LogP contribution is 2.42. The molecule has 3 N–H and O–H groups in total. The summed E-state index contributed by atoms with van der Waals surface area (Å²) in [5, 5.41) is 16.1. The van der Waals surface area contributed by atoms with Crippen LogP contribution in [0.2, 0.25) is 0 Å². The lowest BCUT2D eigenvalue weighted by Crippen LogP contribution is -2.49. The molecule has 7 heteroatoms. The van der Waals surface area contributed by atoms with Crippen LogP contribution < -0.4 is 15.4 Å². The minimum atomic E-state index is -1.11. The first kappa shape index (κ1) is 21.4. The topological polar surface area (TPSA) is 56.8 Å². The molecule has 0 spiro atoms. The van der Waals surface area contributed by atoms with Crippen LogP contribution >= 0.6 is 11.8 Å². The molecule has 4 rings (SSSR count). The average Bonchev–Trinajstić information content (AvgIpc) is 3.11. The zero-order valence-electron chi connectivity index (χ0n) is 17.1. The van der Waals surface area contributed by atoms with Crippen molar-refractivity contribution in [3.05, 3.63) is 54.3 Å². The van der Waals surface area contributed by atoms with Crippen LogP contribution in [0.5, 0.6) is 5.75 Å². The Bertz CT molecular complexity index is 787. The standard InChI is InChI=1S/C23H30FN3O2S/c24-19-7-9-20(10-8-19)29-16-4-3-13-27-14-11-18(12-15-27)17-25-23(28)26-21-5-1-2-6-22(21)30-23/h1-2,5-10,18,25-26,28H,3-4,11-17H2. The molecule has 0 bridgehead atoms. The number of fused-ring (bicyclic) bond motifs is 1. The van der Waals surface area contributed by atoms with E-state index in [1.165, 1.54) is 23.9 Å². The van der Waals surface area contributed by atoms with E-state index in [4.69, 9.17) is 4.74 Å². The minimum absolute atomic E-state index is 0.238. The van der Waals surface area contributed by atoms with Gasteiger partial charge in [0.25, 0.3) is 0 Å². The van der Waals surface area contributed by atoms with E-state index in [1.807, 2.05) is 24.3 Å². The van der Waals surface area contributed by atoms with Crippen molar-refractivity contribution in [1.29, 1.82) is 0 Å². The number of rotatable bonds is 9. The van der Waals surface area contributed by atoms with Gasteiger partial charge < -0.3 is 20.1 Å². The van der Waals surface area contributed by atoms with Gasteiger partial charge in [0.15, 0.2) is 0 Å². The maximum atomic E-state index is 12.9. The molecule has 1 unspecified atom stereocenters. The fourth-order valence-corrected chi connectivity index (χ4v) is 4.97. The Morgan fingerprint density at radius 2 is 1.90 bits per heavy atom. The van der Waals surface area contributed by atoms with E-state index < -0.39 is 5.18 Å². The monoisotopic (exact) mass is 431 g/mol. The van der Waals surface area contributed by atoms with Gasteiger partial charge in [-0.25, -0.2) is 4.39 Å². The molecule has 1 fully saturated rings. The zero-order chi connectivity index (χ0) is 20.8. The number of para-hydroxylation sites is 1. The van der Waals surface area contributed by atoms with Gasteiger partial charge >= 0.3 is 0 Å². The van der Waals surface area contributed by atoms with Gasteiger partial charge in [-0.2, -0.15) is 0 Å². The second-order valence-electron chi connectivity index (χ2n) is 8.04. The van der Waals surface area contributed by atoms with Crippen LogP contribution in [0.3, 0.4) is 0 Å². The van der Waals surface area contributed by atoms with Crippen LogP contribution in [0.25, 0.3) is 0 Å². The van der Waals surface area contributed by atoms with Crippen molar-refractivity contribution < 1.29 is 14.2 Å². The summed E-state index contributed by atoms with van der Waals surface area (Å²) >= 11 is 1.43. The van der Waals surface area contributed by atoms with Gasteiger partial charge in [-0.1, -0.05) is 12.1 Å². The molecule has 162 valence electrons. The van der Waals surface area contributed by atoms with Gasteiger partial charge in [-0.15, -0.1) is 0 Å². The highest BCUT2D eigenvalue weighted by molar-refractivity contribution is 8.01. The van der Waals surface area contributed by atoms with Gasteiger partial charge in [-0.3, -0.25) is 5.32 Å². The maximum absolute atomic E-state index is 12.9. The number of nitrogens with one attached hydrogen (secondary N) is 2. The van der Waals surface area contributed by atoms with Crippen molar-refractivity contribution in [2.75, 3.05) is 38.1 Å². The summed E-state index contributed by atoms with van der Waals surface area (Å²) in [6.45, 7) is 4.76. The smallest absolute Gasteiger partial charge is 0.249 e. The number of likely N-dealkylation sites (tertiary alicyclic amines) is 1. The molecule has 30 heavy (non-hydrogen) atoms. The maximum Gasteiger partial charge on any atom is 0.249 e. The van der Waals surface area contributed by atoms with E-state index in [0.29, 0.717) is 12.5 Å². The molecule has 0 saturated carbocycles. The molecule has 0 aromatic heterocycles. The van der Waals surface area contributed by atoms with E-state index in [1.54, 1.807) is 12.1 Å². The quantitative estimate of drug-likeness (QED) is 0.410. The number of anilines is 1. The summed E-state index contributed by atoms with van der Waals surface area (Å²) in [5.74, 6) is 1.07. The number of thioether (sulfide) groups is 1. The molecule has 2 aliphatic rings. The van der Waals surface area contributed by atoms with Gasteiger partial charge in [-0.05, 0) is 99.4 Å². The molecule has 1 saturated heterocycles. The predicted molar refractivity (Wildman–Crippen MR) is 119 cm³/mol. The largest absolute Gasteiger partial charge is 0.494 e. The second-order valence-corrected chi connectivity index (χ2v) is 9.28. The third-order valence-electron chi connectivity index (χ3n) is 5.74. The van der Waals surface area contributed by atoms with Crippen molar-refractivity contribution in [2.24, 2.45) is 5.92 Å². The lowest BCUT2D eigenvalue weighted by Gasteiger charge is -2.34. The highest BCUT2D eigenvalue weighted by atomic mass is 32.2. The molecule has 2 aliphatic heterocycles. The first-order chi connectivity index (χ1) is 14.6. The average molecular weight is 432 g/mol. The van der Waals surface area contributed by atoms with Crippen molar-refractivity contribution in [1.82, 2.24) is 10.2 Å². The molecule has 1 atom stereocenters. The van der Waals surface area contributed by atoms with Crippen molar-refractivity contribution in [3.8, 4) is 5.75 Å². The fourth-order valence-electron chi connectivity index (χ4n) is 3.96. The van der Waals surface area contributed by atoms with Crippen LogP contribution in [0, 0.1) is 11.7 Å². The van der Waals surface area contributed by atoms with Gasteiger partial charge in [0.05, 0.1) is 12.3 Å². The third kappa shape index (κ3) is 5.88. The Kier molecular flexibility index (Phi) is 7.15. The van der Waals surface area contributed by atoms with Crippen molar-refractivity contribution >= 4 is 17.4 Å². The summed E-state index contributed by atoms with van der Waals surface area (Å²) in [6.07, 6.45) is 4.39. The van der Waals surface area contributed by atoms with Crippen LogP contribution in [0.15, 0.2) is 53.4 Å². The van der Waals surface area contributed by atoms with Gasteiger partial charge in [0, 0.05) is 11.4 Å². The van der Waals surface area contributed by atoms with E-state index in [-0.39, 0.29) is 5.82 Å². The Hall–Kier alpha value is -1.80. The van der Waals surface area contributed by atoms with E-state index in [0.717, 1.165) is 68.2 Å². The molecule has 0 amide bonds. The number of piperidine rings is 1. The molecule has 5 nitrogen and oxygen atoms in total. The number of aliphatic hydroxyl groups is 1. The molecule has 0 aliphatic carbocycles. The summed E-state index contributed by atoms with van der Waals surface area (Å²) in [5.41, 5.74) is 0.982. The number of unbranched alkanes of at least 4 members (excludes halogenated alkanes) is 1. The highest BCUT2D eigenvalue weighted by Gasteiger charge is 2.36. The lowest BCUT2D eigenvalue weighted by molar-refractivity contribution is 0.111. The number of nitrogens with zero attached hydrogens (tertiary/aromatic N) is 1. The Morgan fingerprint density at radius 3 is 2.67 bits per heavy atom. The molecule has 0 radical (unpaired) electrons. The summed E-state index contributed by atoms with van der Waals surface area (Å²) < 4.78 is 18.5. The van der Waals surface area contributed by atoms with Crippen molar-refractivity contribution in [2.45, 2.75) is 35.8 Å². The Labute approximate surface area is 182 Å². The number of ether oxygens (including phenoxy) is 1. The second kappa shape index (κ2) is 10.0. The Morgan fingerprint density at radius 1 is 1.13 bits per heavy atom. The number of hydrogen-bond acceptors (Lipinski definition) is 6. The van der Waals surface area contributed by atoms with E-state index in [9.17, 15) is 9.50 Å². The van der Waals surface area contributed by atoms with Crippen LogP contribution in [-0.2, 0) is 0 Å². The van der Waals surface area contributed by atoms with Crippen LogP contribution in [0.4, 0.5) is 10.1 Å². The first-order valence-corrected chi connectivity index (χ1v) is 11.6. The first-order valence-electron chi connectivity index (χ1n) is 10.7. The third-order valence-corrected chi connectivity index (χ3v) is 6.86. The fraction of sp³-hybridized carbons (Fsp3) is 0.478. The summed E-state index contributed by atoms with van der Waals surface area (Å²) in [6, 6.07) is 14.2. The number of hydrogen-bond donors (Lipinski definition) is 3. The normalized spacial score (nSPS) is 21.9. The molecule has 2 heterocycles. The van der Waals surface area contributed by atoms with Gasteiger partial charge in [0.1, 0.15) is 11.6 Å². The molecular formula is C23H30FN3O2S. The van der Waals surface area contributed by atoms with Gasteiger partial charge in [0.2, 0.25) is 5.18 Å². The Balaban J connectivity index is 1.08. The number of benzene rings is 2. The summed E-state index contributed by atoms with van der Waals surface area (Å²) in [4.78, 5) is 3.59. The minimum Gasteiger partial charge on any atom is -0.494 e. The number of halogens is 1. The molecule has 2 aromatic carbocycles.